The summed E-state index contributed by atoms with van der Waals surface area (Å²) >= 11 is 0. The van der Waals surface area contributed by atoms with Crippen molar-refractivity contribution < 1.29 is 5.11 Å². The zero-order valence-electron chi connectivity index (χ0n) is 18.3. The van der Waals surface area contributed by atoms with Crippen molar-refractivity contribution in [2.45, 2.75) is 84.2 Å². The number of aliphatic hydroxyl groups is 1. The summed E-state index contributed by atoms with van der Waals surface area (Å²) in [4.78, 5) is 2.70. The van der Waals surface area contributed by atoms with E-state index in [-0.39, 0.29) is 6.10 Å². The highest BCUT2D eigenvalue weighted by Crippen LogP contribution is 2.58. The van der Waals surface area contributed by atoms with Gasteiger partial charge in [-0.15, -0.1) is 0 Å². The molecule has 1 heterocycles. The highest BCUT2D eigenvalue weighted by molar-refractivity contribution is 5.38. The van der Waals surface area contributed by atoms with Gasteiger partial charge >= 0.3 is 0 Å². The predicted molar refractivity (Wildman–Crippen MR) is 118 cm³/mol. The molecular formula is C26H41NO. The van der Waals surface area contributed by atoms with Crippen LogP contribution in [0, 0.1) is 23.2 Å². The first kappa shape index (κ1) is 20.4. The molecule has 4 fully saturated rings. The molecule has 0 amide bonds. The molecule has 5 atom stereocenters. The average molecular weight is 384 g/mol. The van der Waals surface area contributed by atoms with E-state index >= 15 is 0 Å². The van der Waals surface area contributed by atoms with Gasteiger partial charge in [0.1, 0.15) is 0 Å². The standard InChI is InChI=1S/C26H41NO/c1-19-8-9-21(20(2)25(19)28)10-11-22-7-6-15-26(3)23(12-13-24(22)26)14-18-27-16-4-5-17-27/h10-11,19,23-25,28H,2,4-9,12-18H2,1,3H3/b21-10-,22-11+/t19-,23+,24?,25?,26?/m0/s1. The summed E-state index contributed by atoms with van der Waals surface area (Å²) in [7, 11) is 0. The normalized spacial score (nSPS) is 42.5. The van der Waals surface area contributed by atoms with E-state index in [1.165, 1.54) is 76.6 Å². The van der Waals surface area contributed by atoms with Crippen molar-refractivity contribution in [2.75, 3.05) is 19.6 Å². The molecule has 0 aromatic heterocycles. The average Bonchev–Trinajstić information content (AvgIpc) is 3.31. The molecule has 3 aliphatic carbocycles. The highest BCUT2D eigenvalue weighted by Gasteiger charge is 2.48. The van der Waals surface area contributed by atoms with Crippen LogP contribution in [0.25, 0.3) is 0 Å². The Hall–Kier alpha value is -0.860. The first-order valence-corrected chi connectivity index (χ1v) is 12.0. The number of nitrogens with zero attached hydrogens (tertiary/aromatic N) is 1. The summed E-state index contributed by atoms with van der Waals surface area (Å²) in [5.41, 5.74) is 4.45. The Kier molecular flexibility index (Phi) is 6.18. The van der Waals surface area contributed by atoms with Gasteiger partial charge < -0.3 is 10.0 Å². The maximum Gasteiger partial charge on any atom is 0.0812 e. The smallest absolute Gasteiger partial charge is 0.0812 e. The Morgan fingerprint density at radius 3 is 2.68 bits per heavy atom. The SMILES string of the molecule is C=C1/C(=C\C=C2/CCCC3(C)C2CC[C@@H]3CCN2CCCC2)CC[C@H](C)C1O. The van der Waals surface area contributed by atoms with Gasteiger partial charge in [-0.3, -0.25) is 0 Å². The maximum atomic E-state index is 10.4. The van der Waals surface area contributed by atoms with Crippen LogP contribution < -0.4 is 0 Å². The third-order valence-corrected chi connectivity index (χ3v) is 8.83. The van der Waals surface area contributed by atoms with Gasteiger partial charge in [0.05, 0.1) is 6.10 Å². The van der Waals surface area contributed by atoms with Crippen molar-refractivity contribution in [3.8, 4) is 0 Å². The molecule has 1 N–H and O–H groups in total. The molecule has 4 aliphatic rings. The third kappa shape index (κ3) is 3.92. The van der Waals surface area contributed by atoms with Gasteiger partial charge in [0.25, 0.3) is 0 Å². The molecule has 1 saturated heterocycles. The molecule has 2 heteroatoms. The summed E-state index contributed by atoms with van der Waals surface area (Å²) in [6.45, 7) is 12.9. The van der Waals surface area contributed by atoms with Crippen LogP contribution in [0.15, 0.2) is 35.5 Å². The van der Waals surface area contributed by atoms with Gasteiger partial charge in [-0.2, -0.15) is 0 Å². The van der Waals surface area contributed by atoms with Crippen molar-refractivity contribution in [3.05, 3.63) is 35.5 Å². The molecule has 0 spiro atoms. The van der Waals surface area contributed by atoms with Gasteiger partial charge in [0, 0.05) is 0 Å². The fourth-order valence-electron chi connectivity index (χ4n) is 6.80. The lowest BCUT2D eigenvalue weighted by Gasteiger charge is -2.43. The van der Waals surface area contributed by atoms with Gasteiger partial charge in [0.15, 0.2) is 0 Å². The molecule has 2 nitrogen and oxygen atoms in total. The zero-order chi connectivity index (χ0) is 19.7. The lowest BCUT2D eigenvalue weighted by Crippen LogP contribution is -2.35. The van der Waals surface area contributed by atoms with Crippen LogP contribution in [-0.2, 0) is 0 Å². The number of likely N-dealkylation sites (tertiary alicyclic amines) is 1. The predicted octanol–water partition coefficient (Wildman–Crippen LogP) is 5.89. The number of fused-ring (bicyclic) bond motifs is 1. The number of allylic oxidation sites excluding steroid dienone is 3. The highest BCUT2D eigenvalue weighted by atomic mass is 16.3. The van der Waals surface area contributed by atoms with Crippen LogP contribution >= 0.6 is 0 Å². The minimum Gasteiger partial charge on any atom is -0.388 e. The Morgan fingerprint density at radius 2 is 1.89 bits per heavy atom. The van der Waals surface area contributed by atoms with E-state index in [4.69, 9.17) is 0 Å². The van der Waals surface area contributed by atoms with E-state index in [1.807, 2.05) is 0 Å². The zero-order valence-corrected chi connectivity index (χ0v) is 18.3. The third-order valence-electron chi connectivity index (χ3n) is 8.83. The quantitative estimate of drug-likeness (QED) is 0.654. The van der Waals surface area contributed by atoms with E-state index in [9.17, 15) is 5.11 Å². The second kappa shape index (κ2) is 8.48. The second-order valence-electron chi connectivity index (χ2n) is 10.4. The lowest BCUT2D eigenvalue weighted by atomic mass is 9.63. The lowest BCUT2D eigenvalue weighted by molar-refractivity contribution is 0.120. The molecule has 3 saturated carbocycles. The minimum absolute atomic E-state index is 0.349. The fraction of sp³-hybridized carbons (Fsp3) is 0.769. The number of hydrogen-bond donors (Lipinski definition) is 1. The van der Waals surface area contributed by atoms with Crippen LogP contribution in [-0.4, -0.2) is 35.7 Å². The van der Waals surface area contributed by atoms with Crippen molar-refractivity contribution in [3.63, 3.8) is 0 Å². The van der Waals surface area contributed by atoms with Crippen LogP contribution in [0.3, 0.4) is 0 Å². The first-order chi connectivity index (χ1) is 13.5. The molecular weight excluding hydrogens is 342 g/mol. The summed E-state index contributed by atoms with van der Waals surface area (Å²) in [5.74, 6) is 2.03. The van der Waals surface area contributed by atoms with Crippen molar-refractivity contribution in [2.24, 2.45) is 23.2 Å². The van der Waals surface area contributed by atoms with Gasteiger partial charge in [-0.1, -0.05) is 38.2 Å². The van der Waals surface area contributed by atoms with Gasteiger partial charge in [0.2, 0.25) is 0 Å². The van der Waals surface area contributed by atoms with Crippen molar-refractivity contribution in [1.82, 2.24) is 4.90 Å². The Labute approximate surface area is 172 Å². The summed E-state index contributed by atoms with van der Waals surface area (Å²) in [5, 5.41) is 10.4. The molecule has 0 aromatic rings. The molecule has 0 aromatic carbocycles. The summed E-state index contributed by atoms with van der Waals surface area (Å²) in [6.07, 6.45) is 17.6. The summed E-state index contributed by atoms with van der Waals surface area (Å²) < 4.78 is 0. The van der Waals surface area contributed by atoms with E-state index in [1.54, 1.807) is 5.57 Å². The molecule has 156 valence electrons. The number of rotatable bonds is 4. The largest absolute Gasteiger partial charge is 0.388 e. The molecule has 0 bridgehead atoms. The van der Waals surface area contributed by atoms with Crippen LogP contribution in [0.2, 0.25) is 0 Å². The fourth-order valence-corrected chi connectivity index (χ4v) is 6.80. The van der Waals surface area contributed by atoms with Crippen molar-refractivity contribution in [1.29, 1.82) is 0 Å². The van der Waals surface area contributed by atoms with E-state index in [2.05, 4.69) is 37.5 Å². The molecule has 1 aliphatic heterocycles. The topological polar surface area (TPSA) is 23.5 Å². The maximum absolute atomic E-state index is 10.4. The Bertz CT molecular complexity index is 641. The number of aliphatic hydroxyl groups excluding tert-OH is 1. The monoisotopic (exact) mass is 383 g/mol. The number of hydrogen-bond acceptors (Lipinski definition) is 2. The van der Waals surface area contributed by atoms with Crippen molar-refractivity contribution >= 4 is 0 Å². The Balaban J connectivity index is 1.44. The van der Waals surface area contributed by atoms with Crippen LogP contribution in [0.4, 0.5) is 0 Å². The van der Waals surface area contributed by atoms with Gasteiger partial charge in [-0.05, 0) is 118 Å². The minimum atomic E-state index is -0.350. The van der Waals surface area contributed by atoms with Gasteiger partial charge in [-0.25, -0.2) is 0 Å². The van der Waals surface area contributed by atoms with E-state index in [0.717, 1.165) is 30.3 Å². The molecule has 4 rings (SSSR count). The Morgan fingerprint density at radius 1 is 1.11 bits per heavy atom. The molecule has 0 radical (unpaired) electrons. The summed E-state index contributed by atoms with van der Waals surface area (Å²) in [6, 6.07) is 0. The van der Waals surface area contributed by atoms with Crippen LogP contribution in [0.5, 0.6) is 0 Å². The van der Waals surface area contributed by atoms with Crippen LogP contribution in [0.1, 0.15) is 78.1 Å². The first-order valence-electron chi connectivity index (χ1n) is 12.0. The second-order valence-corrected chi connectivity index (χ2v) is 10.4. The molecule has 3 unspecified atom stereocenters. The van der Waals surface area contributed by atoms with E-state index < -0.39 is 0 Å². The van der Waals surface area contributed by atoms with E-state index in [0.29, 0.717) is 11.3 Å². The molecule has 28 heavy (non-hydrogen) atoms.